The Labute approximate surface area is 99.0 Å². The van der Waals surface area contributed by atoms with Gasteiger partial charge >= 0.3 is 18.5 Å². The number of carbonyl (C=O) groups excluding carboxylic acids is 1. The van der Waals surface area contributed by atoms with Crippen molar-refractivity contribution in [2.45, 2.75) is 51.2 Å². The summed E-state index contributed by atoms with van der Waals surface area (Å²) in [4.78, 5) is 10.8. The van der Waals surface area contributed by atoms with Crippen LogP contribution in [0.15, 0.2) is 0 Å². The molecule has 0 aliphatic heterocycles. The van der Waals surface area contributed by atoms with Crippen molar-refractivity contribution in [3.8, 4) is 0 Å². The molecule has 0 aliphatic carbocycles. The summed E-state index contributed by atoms with van der Waals surface area (Å²) in [6.07, 6.45) is -17.8. The van der Waals surface area contributed by atoms with E-state index < -0.39 is 43.6 Å². The molecule has 108 valence electrons. The third-order valence-corrected chi connectivity index (χ3v) is 1.95. The summed E-state index contributed by atoms with van der Waals surface area (Å²) in [7, 11) is 0. The van der Waals surface area contributed by atoms with Crippen LogP contribution in [0, 0.1) is 0 Å². The molecule has 0 amide bonds. The first kappa shape index (κ1) is 16.9. The largest absolute Gasteiger partial charge is 0.509 e. The average molecular weight is 282 g/mol. The minimum atomic E-state index is -4.84. The summed E-state index contributed by atoms with van der Waals surface area (Å²) in [6, 6.07) is 0. The van der Waals surface area contributed by atoms with E-state index in [2.05, 4.69) is 9.47 Å². The average Bonchev–Trinajstić information content (AvgIpc) is 2.19. The Bertz CT molecular complexity index is 246. The van der Waals surface area contributed by atoms with Gasteiger partial charge in [-0.15, -0.1) is 0 Å². The first-order valence-electron chi connectivity index (χ1n) is 5.03. The normalized spacial score (nSPS) is 16.0. The van der Waals surface area contributed by atoms with E-state index in [-0.39, 0.29) is 0 Å². The van der Waals surface area contributed by atoms with E-state index in [0.717, 1.165) is 13.8 Å². The molecule has 0 aromatic heterocycles. The number of alkyl halides is 6. The molecular formula is C9H12F6O3. The van der Waals surface area contributed by atoms with Gasteiger partial charge in [-0.2, -0.15) is 26.3 Å². The van der Waals surface area contributed by atoms with E-state index in [0.29, 0.717) is 0 Å². The molecule has 3 nitrogen and oxygen atoms in total. The van der Waals surface area contributed by atoms with Crippen LogP contribution in [0.1, 0.15) is 26.7 Å². The molecule has 0 radical (unpaired) electrons. The van der Waals surface area contributed by atoms with Gasteiger partial charge in [-0.05, 0) is 12.8 Å². The van der Waals surface area contributed by atoms with Gasteiger partial charge in [0.25, 0.3) is 0 Å². The zero-order valence-electron chi connectivity index (χ0n) is 9.56. The van der Waals surface area contributed by atoms with E-state index in [1.54, 1.807) is 0 Å². The van der Waals surface area contributed by atoms with E-state index >= 15 is 0 Å². The minimum Gasteiger partial charge on any atom is -0.421 e. The second-order valence-electron chi connectivity index (χ2n) is 3.36. The molecule has 0 bridgehead atoms. The van der Waals surface area contributed by atoms with Gasteiger partial charge in [-0.3, -0.25) is 0 Å². The van der Waals surface area contributed by atoms with Crippen LogP contribution in [0.4, 0.5) is 31.1 Å². The summed E-state index contributed by atoms with van der Waals surface area (Å²) >= 11 is 0. The fraction of sp³-hybridized carbons (Fsp3) is 0.889. The Morgan fingerprint density at radius 3 is 1.33 bits per heavy atom. The van der Waals surface area contributed by atoms with Gasteiger partial charge in [0.1, 0.15) is 0 Å². The molecule has 0 N–H and O–H groups in total. The predicted octanol–water partition coefficient (Wildman–Crippen LogP) is 3.82. The molecule has 0 saturated carbocycles. The summed E-state index contributed by atoms with van der Waals surface area (Å²) < 4.78 is 80.7. The summed E-state index contributed by atoms with van der Waals surface area (Å²) in [5, 5.41) is 0. The molecule has 2 unspecified atom stereocenters. The van der Waals surface area contributed by atoms with Crippen LogP contribution >= 0.6 is 0 Å². The molecule has 0 aromatic rings. The SMILES string of the molecule is CCC(OC(=O)OC(CC)C(F)(F)F)C(F)(F)F. The lowest BCUT2D eigenvalue weighted by Gasteiger charge is -2.22. The smallest absolute Gasteiger partial charge is 0.421 e. The van der Waals surface area contributed by atoms with Gasteiger partial charge in [-0.1, -0.05) is 13.8 Å². The topological polar surface area (TPSA) is 35.5 Å². The lowest BCUT2D eigenvalue weighted by molar-refractivity contribution is -0.230. The Balaban J connectivity index is 4.50. The third-order valence-electron chi connectivity index (χ3n) is 1.95. The second-order valence-corrected chi connectivity index (χ2v) is 3.36. The van der Waals surface area contributed by atoms with Crippen LogP contribution in [0.3, 0.4) is 0 Å². The van der Waals surface area contributed by atoms with Crippen LogP contribution in [0.25, 0.3) is 0 Å². The Kier molecular flexibility index (Phi) is 5.75. The van der Waals surface area contributed by atoms with Crippen LogP contribution in [-0.2, 0) is 9.47 Å². The third kappa shape index (κ3) is 5.46. The number of hydrogen-bond donors (Lipinski definition) is 0. The van der Waals surface area contributed by atoms with Gasteiger partial charge in [0.15, 0.2) is 0 Å². The zero-order valence-corrected chi connectivity index (χ0v) is 9.56. The fourth-order valence-corrected chi connectivity index (χ4v) is 1.02. The highest BCUT2D eigenvalue weighted by Crippen LogP contribution is 2.28. The van der Waals surface area contributed by atoms with Gasteiger partial charge < -0.3 is 9.47 Å². The van der Waals surface area contributed by atoms with Gasteiger partial charge in [0.05, 0.1) is 0 Å². The summed E-state index contributed by atoms with van der Waals surface area (Å²) in [6.45, 7) is 2.15. The van der Waals surface area contributed by atoms with Crippen molar-refractivity contribution in [2.24, 2.45) is 0 Å². The molecule has 0 aliphatic rings. The van der Waals surface area contributed by atoms with Crippen molar-refractivity contribution in [2.75, 3.05) is 0 Å². The highest BCUT2D eigenvalue weighted by atomic mass is 19.4. The molecule has 0 fully saturated rings. The van der Waals surface area contributed by atoms with Gasteiger partial charge in [-0.25, -0.2) is 4.79 Å². The Morgan fingerprint density at radius 1 is 0.889 bits per heavy atom. The molecule has 0 aromatic carbocycles. The monoisotopic (exact) mass is 282 g/mol. The van der Waals surface area contributed by atoms with Crippen LogP contribution in [0.2, 0.25) is 0 Å². The number of hydrogen-bond acceptors (Lipinski definition) is 3. The molecular weight excluding hydrogens is 270 g/mol. The van der Waals surface area contributed by atoms with Crippen molar-refractivity contribution in [3.05, 3.63) is 0 Å². The maximum absolute atomic E-state index is 12.2. The molecule has 0 spiro atoms. The van der Waals surface area contributed by atoms with E-state index in [1.807, 2.05) is 0 Å². The van der Waals surface area contributed by atoms with Crippen LogP contribution < -0.4 is 0 Å². The first-order chi connectivity index (χ1) is 8.02. The van der Waals surface area contributed by atoms with E-state index in [4.69, 9.17) is 0 Å². The highest BCUT2D eigenvalue weighted by Gasteiger charge is 2.45. The van der Waals surface area contributed by atoms with Gasteiger partial charge in [0, 0.05) is 0 Å². The van der Waals surface area contributed by atoms with Crippen molar-refractivity contribution in [1.82, 2.24) is 0 Å². The first-order valence-corrected chi connectivity index (χ1v) is 5.03. The van der Waals surface area contributed by atoms with Crippen molar-refractivity contribution in [1.29, 1.82) is 0 Å². The lowest BCUT2D eigenvalue weighted by atomic mass is 10.3. The minimum absolute atomic E-state index is 0.610. The fourth-order valence-electron chi connectivity index (χ4n) is 1.02. The second kappa shape index (κ2) is 6.14. The highest BCUT2D eigenvalue weighted by molar-refractivity contribution is 5.60. The summed E-state index contributed by atoms with van der Waals surface area (Å²) in [5.74, 6) is 0. The Hall–Kier alpha value is -1.15. The van der Waals surface area contributed by atoms with Crippen molar-refractivity contribution in [3.63, 3.8) is 0 Å². The predicted molar refractivity (Wildman–Crippen MR) is 47.8 cm³/mol. The van der Waals surface area contributed by atoms with Crippen molar-refractivity contribution >= 4 is 6.16 Å². The van der Waals surface area contributed by atoms with E-state index in [1.165, 1.54) is 0 Å². The molecule has 0 heterocycles. The quantitative estimate of drug-likeness (QED) is 0.581. The molecule has 2 atom stereocenters. The molecule has 0 rings (SSSR count). The molecule has 18 heavy (non-hydrogen) atoms. The standard InChI is InChI=1S/C9H12F6O3/c1-3-5(8(10,11)12)17-7(16)18-6(4-2)9(13,14)15/h5-6H,3-4H2,1-2H3. The number of ether oxygens (including phenoxy) is 2. The maximum atomic E-state index is 12.2. The molecule has 0 saturated heterocycles. The maximum Gasteiger partial charge on any atom is 0.509 e. The number of halogens is 6. The molecule has 9 heteroatoms. The Morgan fingerprint density at radius 2 is 1.17 bits per heavy atom. The zero-order chi connectivity index (χ0) is 14.6. The summed E-state index contributed by atoms with van der Waals surface area (Å²) in [5.41, 5.74) is 0. The van der Waals surface area contributed by atoms with Crippen LogP contribution in [-0.4, -0.2) is 30.7 Å². The number of carbonyl (C=O) groups is 1. The lowest BCUT2D eigenvalue weighted by Crippen LogP contribution is -2.37. The van der Waals surface area contributed by atoms with Crippen molar-refractivity contribution < 1.29 is 40.6 Å². The van der Waals surface area contributed by atoms with E-state index in [9.17, 15) is 31.1 Å². The van der Waals surface area contributed by atoms with Gasteiger partial charge in [0.2, 0.25) is 12.2 Å². The number of rotatable bonds is 4. The van der Waals surface area contributed by atoms with Crippen LogP contribution in [0.5, 0.6) is 0 Å².